The number of amides is 1. The Morgan fingerprint density at radius 3 is 2.50 bits per heavy atom. The molecule has 0 radical (unpaired) electrons. The monoisotopic (exact) mass is 294 g/mol. The lowest BCUT2D eigenvalue weighted by atomic mass is 10.2. The lowest BCUT2D eigenvalue weighted by molar-refractivity contribution is 0.0773. The molecule has 4 heteroatoms. The largest absolute Gasteiger partial charge is 0.436 e. The number of nitrogens with zero attached hydrogens (tertiary/aromatic N) is 2. The van der Waals surface area contributed by atoms with E-state index in [1.54, 1.807) is 17.0 Å². The van der Waals surface area contributed by atoms with E-state index < -0.39 is 0 Å². The van der Waals surface area contributed by atoms with Crippen LogP contribution in [0.5, 0.6) is 0 Å². The van der Waals surface area contributed by atoms with E-state index in [0.717, 1.165) is 5.56 Å². The number of hydrogen-bond acceptors (Lipinski definition) is 3. The maximum absolute atomic E-state index is 12.4. The molecule has 1 heterocycles. The average Bonchev–Trinajstić information content (AvgIpc) is 2.99. The number of carbonyl (C=O) groups excluding carboxylic acids is 1. The predicted octanol–water partition coefficient (Wildman–Crippen LogP) is 3.98. The smallest absolute Gasteiger partial charge is 0.253 e. The van der Waals surface area contributed by atoms with Crippen LogP contribution < -0.4 is 0 Å². The van der Waals surface area contributed by atoms with Crippen LogP contribution in [0, 0.1) is 0 Å². The van der Waals surface area contributed by atoms with Gasteiger partial charge in [-0.2, -0.15) is 0 Å². The summed E-state index contributed by atoms with van der Waals surface area (Å²) in [5, 5.41) is 0. The van der Waals surface area contributed by atoms with Crippen LogP contribution in [-0.2, 0) is 0 Å². The second kappa shape index (κ2) is 6.02. The van der Waals surface area contributed by atoms with Crippen LogP contribution in [0.4, 0.5) is 0 Å². The van der Waals surface area contributed by atoms with Crippen LogP contribution in [0.25, 0.3) is 22.6 Å². The molecule has 22 heavy (non-hydrogen) atoms. The molecule has 0 saturated carbocycles. The number of oxazole rings is 1. The molecule has 0 unspecified atom stereocenters. The summed E-state index contributed by atoms with van der Waals surface area (Å²) < 4.78 is 5.77. The van der Waals surface area contributed by atoms with E-state index in [9.17, 15) is 4.79 Å². The average molecular weight is 294 g/mol. The molecule has 1 aromatic heterocycles. The fourth-order valence-corrected chi connectivity index (χ4v) is 2.46. The van der Waals surface area contributed by atoms with Gasteiger partial charge in [-0.1, -0.05) is 18.2 Å². The molecule has 0 spiro atoms. The minimum Gasteiger partial charge on any atom is -0.436 e. The second-order valence-electron chi connectivity index (χ2n) is 5.04. The summed E-state index contributed by atoms with van der Waals surface area (Å²) in [5.41, 5.74) is 2.96. The van der Waals surface area contributed by atoms with E-state index in [-0.39, 0.29) is 5.91 Å². The molecule has 0 saturated heterocycles. The predicted molar refractivity (Wildman–Crippen MR) is 86.7 cm³/mol. The Balaban J connectivity index is 1.99. The molecule has 1 amide bonds. The molecule has 0 aliphatic carbocycles. The van der Waals surface area contributed by atoms with Gasteiger partial charge in [-0.3, -0.25) is 4.79 Å². The van der Waals surface area contributed by atoms with Crippen molar-refractivity contribution in [1.29, 1.82) is 0 Å². The van der Waals surface area contributed by atoms with Crippen LogP contribution in [0.15, 0.2) is 52.9 Å². The van der Waals surface area contributed by atoms with Crippen molar-refractivity contribution in [3.8, 4) is 11.5 Å². The van der Waals surface area contributed by atoms with E-state index in [2.05, 4.69) is 4.98 Å². The summed E-state index contributed by atoms with van der Waals surface area (Å²) in [6.07, 6.45) is 0. The molecule has 2 aromatic carbocycles. The highest BCUT2D eigenvalue weighted by Crippen LogP contribution is 2.25. The summed E-state index contributed by atoms with van der Waals surface area (Å²) in [7, 11) is 0. The van der Waals surface area contributed by atoms with Gasteiger partial charge in [0.15, 0.2) is 5.58 Å². The quantitative estimate of drug-likeness (QED) is 0.731. The normalized spacial score (nSPS) is 10.8. The molecule has 0 aliphatic heterocycles. The summed E-state index contributed by atoms with van der Waals surface area (Å²) in [6, 6.07) is 15.1. The van der Waals surface area contributed by atoms with Crippen LogP contribution in [0.2, 0.25) is 0 Å². The van der Waals surface area contributed by atoms with E-state index in [4.69, 9.17) is 4.42 Å². The van der Waals surface area contributed by atoms with Crippen molar-refractivity contribution < 1.29 is 9.21 Å². The fourth-order valence-electron chi connectivity index (χ4n) is 2.46. The molecule has 0 bridgehead atoms. The van der Waals surface area contributed by atoms with Crippen molar-refractivity contribution in [2.45, 2.75) is 13.8 Å². The minimum absolute atomic E-state index is 0.0242. The molecule has 3 rings (SSSR count). The Kier molecular flexibility index (Phi) is 3.92. The molecule has 3 aromatic rings. The van der Waals surface area contributed by atoms with Crippen molar-refractivity contribution in [2.75, 3.05) is 13.1 Å². The third kappa shape index (κ3) is 2.60. The van der Waals surface area contributed by atoms with Gasteiger partial charge >= 0.3 is 0 Å². The van der Waals surface area contributed by atoms with Gasteiger partial charge in [0.25, 0.3) is 5.91 Å². The highest BCUT2D eigenvalue weighted by molar-refractivity contribution is 5.97. The standard InChI is InChI=1S/C18H18N2O2/c1-3-20(4-2)18(21)14-10-11-16-15(12-14)19-17(22-16)13-8-6-5-7-9-13/h5-12H,3-4H2,1-2H3. The zero-order valence-electron chi connectivity index (χ0n) is 12.7. The Morgan fingerprint density at radius 1 is 1.09 bits per heavy atom. The lowest BCUT2D eigenvalue weighted by Gasteiger charge is -2.18. The number of carbonyl (C=O) groups is 1. The SMILES string of the molecule is CCN(CC)C(=O)c1ccc2oc(-c3ccccc3)nc2c1. The number of benzene rings is 2. The topological polar surface area (TPSA) is 46.3 Å². The zero-order valence-corrected chi connectivity index (χ0v) is 12.7. The molecule has 0 N–H and O–H groups in total. The number of fused-ring (bicyclic) bond motifs is 1. The van der Waals surface area contributed by atoms with Gasteiger partial charge < -0.3 is 9.32 Å². The first-order chi connectivity index (χ1) is 10.7. The molecule has 0 aliphatic rings. The summed E-state index contributed by atoms with van der Waals surface area (Å²) in [5.74, 6) is 0.596. The van der Waals surface area contributed by atoms with Crippen molar-refractivity contribution in [3.63, 3.8) is 0 Å². The Hall–Kier alpha value is -2.62. The van der Waals surface area contributed by atoms with Crippen LogP contribution in [0.3, 0.4) is 0 Å². The molecule has 0 fully saturated rings. The molecular weight excluding hydrogens is 276 g/mol. The van der Waals surface area contributed by atoms with Crippen molar-refractivity contribution >= 4 is 17.0 Å². The molecule has 112 valence electrons. The summed E-state index contributed by atoms with van der Waals surface area (Å²) >= 11 is 0. The summed E-state index contributed by atoms with van der Waals surface area (Å²) in [4.78, 5) is 18.7. The van der Waals surface area contributed by atoms with Crippen LogP contribution in [-0.4, -0.2) is 28.9 Å². The van der Waals surface area contributed by atoms with E-state index in [0.29, 0.717) is 35.6 Å². The minimum atomic E-state index is 0.0242. The Labute approximate surface area is 129 Å². The third-order valence-electron chi connectivity index (χ3n) is 3.71. The van der Waals surface area contributed by atoms with Gasteiger partial charge in [0, 0.05) is 24.2 Å². The lowest BCUT2D eigenvalue weighted by Crippen LogP contribution is -2.30. The van der Waals surface area contributed by atoms with Gasteiger partial charge in [-0.05, 0) is 44.2 Å². The van der Waals surface area contributed by atoms with Crippen molar-refractivity contribution in [2.24, 2.45) is 0 Å². The fraction of sp³-hybridized carbons (Fsp3) is 0.222. The number of rotatable bonds is 4. The second-order valence-corrected chi connectivity index (χ2v) is 5.04. The zero-order chi connectivity index (χ0) is 15.5. The first kappa shape index (κ1) is 14.3. The molecular formula is C18H18N2O2. The molecule has 0 atom stereocenters. The van der Waals surface area contributed by atoms with E-state index >= 15 is 0 Å². The first-order valence-corrected chi connectivity index (χ1v) is 7.48. The van der Waals surface area contributed by atoms with Gasteiger partial charge in [-0.25, -0.2) is 4.98 Å². The van der Waals surface area contributed by atoms with E-state index in [1.807, 2.05) is 50.2 Å². The van der Waals surface area contributed by atoms with Gasteiger partial charge in [-0.15, -0.1) is 0 Å². The number of aromatic nitrogens is 1. The van der Waals surface area contributed by atoms with E-state index in [1.165, 1.54) is 0 Å². The third-order valence-corrected chi connectivity index (χ3v) is 3.71. The summed E-state index contributed by atoms with van der Waals surface area (Å²) in [6.45, 7) is 5.34. The van der Waals surface area contributed by atoms with Crippen LogP contribution >= 0.6 is 0 Å². The molecule has 4 nitrogen and oxygen atoms in total. The van der Waals surface area contributed by atoms with Gasteiger partial charge in [0.05, 0.1) is 0 Å². The highest BCUT2D eigenvalue weighted by atomic mass is 16.3. The Morgan fingerprint density at radius 2 is 1.82 bits per heavy atom. The highest BCUT2D eigenvalue weighted by Gasteiger charge is 2.15. The first-order valence-electron chi connectivity index (χ1n) is 7.48. The van der Waals surface area contributed by atoms with Crippen molar-refractivity contribution in [1.82, 2.24) is 9.88 Å². The van der Waals surface area contributed by atoms with Gasteiger partial charge in [0.2, 0.25) is 5.89 Å². The van der Waals surface area contributed by atoms with Crippen LogP contribution in [0.1, 0.15) is 24.2 Å². The Bertz CT molecular complexity index is 789. The number of hydrogen-bond donors (Lipinski definition) is 0. The van der Waals surface area contributed by atoms with Gasteiger partial charge in [0.1, 0.15) is 5.52 Å². The van der Waals surface area contributed by atoms with Crippen molar-refractivity contribution in [3.05, 3.63) is 54.1 Å². The maximum Gasteiger partial charge on any atom is 0.253 e. The maximum atomic E-state index is 12.4.